The number of aromatic nitrogens is 1. The average molecular weight is 642 g/mol. The normalized spacial score (nSPS) is 13.0. The lowest BCUT2D eigenvalue weighted by Gasteiger charge is -2.26. The van der Waals surface area contributed by atoms with Crippen molar-refractivity contribution in [2.45, 2.75) is 51.7 Å². The molecule has 1 amide bonds. The maximum Gasteiger partial charge on any atom is 0.404 e. The van der Waals surface area contributed by atoms with Gasteiger partial charge in [0.05, 0.1) is 34.0 Å². The maximum atomic E-state index is 13.2. The van der Waals surface area contributed by atoms with Crippen molar-refractivity contribution in [1.82, 2.24) is 15.2 Å². The molecule has 1 aromatic heterocycles. The molecular formula is C29H38Cl2N4O6S. The number of carbonyl (C=O) groups is 2. The molecule has 0 radical (unpaired) electrons. The van der Waals surface area contributed by atoms with Gasteiger partial charge in [0.25, 0.3) is 0 Å². The first-order chi connectivity index (χ1) is 20.1. The van der Waals surface area contributed by atoms with Crippen LogP contribution in [0.5, 0.6) is 5.75 Å². The van der Waals surface area contributed by atoms with Gasteiger partial charge < -0.3 is 35.5 Å². The standard InChI is InChI=1S/C29H38Cl2N4O6S/c1-3-35(4-2)17-23(24(36)11-14-40-13-10-18-5-7-21(30)22(31)15-18)33-12-9-20(41-28(32)38)16-19-6-8-25(37)26-27(19)42-29(39)34-26/h5-8,15,20,23,33,37H,3-4,9-14,16-17H2,1-2H3,(H2,32,38)(H,34,39). The van der Waals surface area contributed by atoms with Crippen molar-refractivity contribution in [2.75, 3.05) is 39.4 Å². The number of ether oxygens (including phenoxy) is 2. The van der Waals surface area contributed by atoms with Crippen LogP contribution in [0.2, 0.25) is 10.0 Å². The molecule has 13 heteroatoms. The largest absolute Gasteiger partial charge is 0.506 e. The van der Waals surface area contributed by atoms with Crippen LogP contribution in [-0.4, -0.2) is 78.4 Å². The summed E-state index contributed by atoms with van der Waals surface area (Å²) in [6.45, 7) is 7.35. The molecule has 2 unspecified atom stereocenters. The number of Topliss-reactive ketones (excluding diaryl/α,β-unsaturated/α-hetero) is 1. The molecule has 5 N–H and O–H groups in total. The van der Waals surface area contributed by atoms with Gasteiger partial charge in [0.2, 0.25) is 0 Å². The molecule has 10 nitrogen and oxygen atoms in total. The average Bonchev–Trinajstić information content (AvgIpc) is 3.36. The van der Waals surface area contributed by atoms with Gasteiger partial charge in [-0.2, -0.15) is 0 Å². The molecule has 3 rings (SSSR count). The zero-order valence-corrected chi connectivity index (χ0v) is 26.1. The molecule has 2 atom stereocenters. The Kier molecular flexibility index (Phi) is 13.6. The molecular weight excluding hydrogens is 603 g/mol. The van der Waals surface area contributed by atoms with Crippen molar-refractivity contribution in [2.24, 2.45) is 5.73 Å². The number of aromatic hydroxyl groups is 1. The van der Waals surface area contributed by atoms with Crippen LogP contribution < -0.4 is 15.9 Å². The lowest BCUT2D eigenvalue weighted by molar-refractivity contribution is -0.122. The van der Waals surface area contributed by atoms with Crippen molar-refractivity contribution >= 4 is 56.6 Å². The summed E-state index contributed by atoms with van der Waals surface area (Å²) in [6, 6.07) is 8.20. The Labute approximate surface area is 259 Å². The van der Waals surface area contributed by atoms with E-state index < -0.39 is 18.2 Å². The van der Waals surface area contributed by atoms with Crippen molar-refractivity contribution in [3.05, 3.63) is 61.2 Å². The van der Waals surface area contributed by atoms with E-state index in [9.17, 15) is 19.5 Å². The van der Waals surface area contributed by atoms with E-state index in [-0.39, 0.29) is 29.2 Å². The molecule has 42 heavy (non-hydrogen) atoms. The fourth-order valence-electron chi connectivity index (χ4n) is 4.62. The number of phenolic OH excluding ortho intramolecular Hbond substituents is 1. The second-order valence-corrected chi connectivity index (χ2v) is 11.6. The highest BCUT2D eigenvalue weighted by Crippen LogP contribution is 2.29. The number of phenols is 1. The fourth-order valence-corrected chi connectivity index (χ4v) is 5.82. The van der Waals surface area contributed by atoms with E-state index in [1.807, 2.05) is 26.0 Å². The third-order valence-corrected chi connectivity index (χ3v) is 8.66. The summed E-state index contributed by atoms with van der Waals surface area (Å²) in [6.07, 6.45) is 0.0586. The number of likely N-dealkylation sites (N-methyl/N-ethyl adjacent to an activating group) is 1. The van der Waals surface area contributed by atoms with E-state index >= 15 is 0 Å². The van der Waals surface area contributed by atoms with E-state index in [1.165, 1.54) is 6.07 Å². The Bertz CT molecular complexity index is 1390. The van der Waals surface area contributed by atoms with E-state index in [0.717, 1.165) is 35.6 Å². The maximum absolute atomic E-state index is 13.2. The molecule has 0 aliphatic carbocycles. The molecule has 1 heterocycles. The van der Waals surface area contributed by atoms with Crippen LogP contribution in [0.1, 0.15) is 37.8 Å². The number of hydrogen-bond donors (Lipinski definition) is 4. The molecule has 0 aliphatic heterocycles. The zero-order chi connectivity index (χ0) is 30.6. The van der Waals surface area contributed by atoms with Gasteiger partial charge in [-0.25, -0.2) is 4.79 Å². The lowest BCUT2D eigenvalue weighted by Crippen LogP contribution is -2.47. The van der Waals surface area contributed by atoms with Gasteiger partial charge in [-0.05, 0) is 61.8 Å². The first kappa shape index (κ1) is 33.8. The van der Waals surface area contributed by atoms with Crippen molar-refractivity contribution in [3.8, 4) is 5.75 Å². The monoisotopic (exact) mass is 640 g/mol. The van der Waals surface area contributed by atoms with Crippen molar-refractivity contribution in [3.63, 3.8) is 0 Å². The number of aromatic amines is 1. The number of hydrogen-bond acceptors (Lipinski definition) is 9. The highest BCUT2D eigenvalue weighted by atomic mass is 35.5. The highest BCUT2D eigenvalue weighted by Gasteiger charge is 2.22. The van der Waals surface area contributed by atoms with Gasteiger partial charge in [-0.1, -0.05) is 60.5 Å². The number of nitrogens with one attached hydrogen (secondary N) is 2. The van der Waals surface area contributed by atoms with Crippen LogP contribution in [0.4, 0.5) is 4.79 Å². The number of rotatable bonds is 18. The first-order valence-corrected chi connectivity index (χ1v) is 15.5. The molecule has 230 valence electrons. The van der Waals surface area contributed by atoms with Crippen LogP contribution in [0.15, 0.2) is 35.1 Å². The summed E-state index contributed by atoms with van der Waals surface area (Å²) in [5, 5.41) is 14.4. The number of amides is 1. The van der Waals surface area contributed by atoms with E-state index in [0.29, 0.717) is 59.4 Å². The predicted octanol–water partition coefficient (Wildman–Crippen LogP) is 4.52. The van der Waals surface area contributed by atoms with Gasteiger partial charge in [-0.15, -0.1) is 0 Å². The third-order valence-electron chi connectivity index (χ3n) is 6.96. The second-order valence-electron chi connectivity index (χ2n) is 9.83. The van der Waals surface area contributed by atoms with E-state index in [2.05, 4.69) is 15.2 Å². The molecule has 0 aliphatic rings. The van der Waals surface area contributed by atoms with Crippen molar-refractivity contribution in [1.29, 1.82) is 0 Å². The molecule has 0 fully saturated rings. The Balaban J connectivity index is 1.56. The van der Waals surface area contributed by atoms with Crippen LogP contribution in [0, 0.1) is 0 Å². The molecule has 0 saturated carbocycles. The van der Waals surface area contributed by atoms with Gasteiger partial charge in [0.1, 0.15) is 17.4 Å². The summed E-state index contributed by atoms with van der Waals surface area (Å²) in [5.74, 6) is -0.00148. The number of primary amides is 1. The van der Waals surface area contributed by atoms with Crippen LogP contribution in [-0.2, 0) is 27.1 Å². The number of nitrogens with two attached hydrogens (primary N) is 1. The molecule has 0 bridgehead atoms. The topological polar surface area (TPSA) is 147 Å². The molecule has 0 saturated heterocycles. The zero-order valence-electron chi connectivity index (χ0n) is 23.8. The third kappa shape index (κ3) is 10.3. The van der Waals surface area contributed by atoms with Gasteiger partial charge in [0.15, 0.2) is 5.78 Å². The Morgan fingerprint density at radius 1 is 1.14 bits per heavy atom. The van der Waals surface area contributed by atoms with Gasteiger partial charge in [0, 0.05) is 19.4 Å². The number of benzene rings is 2. The molecule has 3 aromatic rings. The lowest BCUT2D eigenvalue weighted by atomic mass is 10.0. The van der Waals surface area contributed by atoms with Crippen LogP contribution >= 0.6 is 34.5 Å². The number of thiazole rings is 1. The molecule has 2 aromatic carbocycles. The summed E-state index contributed by atoms with van der Waals surface area (Å²) in [7, 11) is 0. The highest BCUT2D eigenvalue weighted by molar-refractivity contribution is 7.16. The van der Waals surface area contributed by atoms with Crippen LogP contribution in [0.25, 0.3) is 10.2 Å². The minimum absolute atomic E-state index is 0.0288. The smallest absolute Gasteiger partial charge is 0.404 e. The second kappa shape index (κ2) is 16.8. The minimum Gasteiger partial charge on any atom is -0.506 e. The number of ketones is 1. The Morgan fingerprint density at radius 3 is 2.60 bits per heavy atom. The van der Waals surface area contributed by atoms with Gasteiger partial charge >= 0.3 is 11.0 Å². The summed E-state index contributed by atoms with van der Waals surface area (Å²) >= 11 is 13.0. The SMILES string of the molecule is CCN(CC)CC(NCCC(Cc1ccc(O)c2[nH]c(=O)sc12)OC(N)=O)C(=O)CCOCCc1ccc(Cl)c(Cl)c1. The fraction of sp³-hybridized carbons (Fsp3) is 0.483. The minimum atomic E-state index is -0.911. The number of H-pyrrole nitrogens is 1. The molecule has 0 spiro atoms. The number of nitrogens with zero attached hydrogens (tertiary/aromatic N) is 1. The summed E-state index contributed by atoms with van der Waals surface area (Å²) in [5.41, 5.74) is 7.43. The van der Waals surface area contributed by atoms with Gasteiger partial charge in [-0.3, -0.25) is 9.59 Å². The number of halogens is 2. The first-order valence-electron chi connectivity index (χ1n) is 13.9. The Hall–Kier alpha value is -2.67. The predicted molar refractivity (Wildman–Crippen MR) is 167 cm³/mol. The van der Waals surface area contributed by atoms with Crippen molar-refractivity contribution < 1.29 is 24.2 Å². The van der Waals surface area contributed by atoms with Crippen LogP contribution in [0.3, 0.4) is 0 Å². The summed E-state index contributed by atoms with van der Waals surface area (Å²) < 4.78 is 11.7. The summed E-state index contributed by atoms with van der Waals surface area (Å²) in [4.78, 5) is 41.2. The Morgan fingerprint density at radius 2 is 1.90 bits per heavy atom. The van der Waals surface area contributed by atoms with E-state index in [1.54, 1.807) is 12.1 Å². The number of carbonyl (C=O) groups excluding carboxylic acids is 2. The number of fused-ring (bicyclic) bond motifs is 1. The van der Waals surface area contributed by atoms with E-state index in [4.69, 9.17) is 38.4 Å². The quantitative estimate of drug-likeness (QED) is 0.148.